The van der Waals surface area contributed by atoms with E-state index in [0.717, 1.165) is 6.07 Å². The Labute approximate surface area is 111 Å². The number of rotatable bonds is 4. The molecule has 1 rings (SSSR count). The number of hydrogen-bond donors (Lipinski definition) is 2. The number of amides is 1. The molecule has 1 aromatic rings. The number of aliphatic hydroxyl groups is 1. The van der Waals surface area contributed by atoms with Crippen LogP contribution in [0.2, 0.25) is 5.02 Å². The summed E-state index contributed by atoms with van der Waals surface area (Å²) in [6.07, 6.45) is 0. The number of benzene rings is 1. The maximum atomic E-state index is 13.5. The number of hydrogen-bond acceptors (Lipinski definition) is 2. The Morgan fingerprint density at radius 2 is 2.17 bits per heavy atom. The smallest absolute Gasteiger partial charge is 0.254 e. The molecule has 3 nitrogen and oxygen atoms in total. The van der Waals surface area contributed by atoms with Crippen molar-refractivity contribution in [1.29, 1.82) is 0 Å². The zero-order valence-corrected chi connectivity index (χ0v) is 11.4. The van der Waals surface area contributed by atoms with Crippen LogP contribution in [0.15, 0.2) is 18.2 Å². The van der Waals surface area contributed by atoms with Gasteiger partial charge in [-0.05, 0) is 31.0 Å². The van der Waals surface area contributed by atoms with Gasteiger partial charge in [0, 0.05) is 11.6 Å². The van der Waals surface area contributed by atoms with Gasteiger partial charge in [-0.2, -0.15) is 0 Å². The molecule has 0 aliphatic carbocycles. The van der Waals surface area contributed by atoms with Gasteiger partial charge in [-0.3, -0.25) is 4.79 Å². The highest BCUT2D eigenvalue weighted by atomic mass is 35.5. The van der Waals surface area contributed by atoms with Crippen LogP contribution in [-0.2, 0) is 0 Å². The second-order valence-corrected chi connectivity index (χ2v) is 5.26. The zero-order valence-electron chi connectivity index (χ0n) is 10.6. The molecule has 0 radical (unpaired) electrons. The monoisotopic (exact) mass is 273 g/mol. The van der Waals surface area contributed by atoms with Gasteiger partial charge in [-0.15, -0.1) is 0 Å². The lowest BCUT2D eigenvalue weighted by Gasteiger charge is -2.27. The molecular weight excluding hydrogens is 257 g/mol. The van der Waals surface area contributed by atoms with E-state index in [1.165, 1.54) is 12.1 Å². The van der Waals surface area contributed by atoms with Crippen LogP contribution < -0.4 is 5.32 Å². The molecule has 1 atom stereocenters. The summed E-state index contributed by atoms with van der Waals surface area (Å²) in [6.45, 7) is 5.37. The molecule has 2 N–H and O–H groups in total. The van der Waals surface area contributed by atoms with E-state index in [0.29, 0.717) is 0 Å². The molecule has 0 saturated heterocycles. The van der Waals surface area contributed by atoms with E-state index in [4.69, 9.17) is 11.6 Å². The van der Waals surface area contributed by atoms with Gasteiger partial charge in [-0.25, -0.2) is 4.39 Å². The highest BCUT2D eigenvalue weighted by Gasteiger charge is 2.26. The highest BCUT2D eigenvalue weighted by molar-refractivity contribution is 6.30. The van der Waals surface area contributed by atoms with Gasteiger partial charge >= 0.3 is 0 Å². The number of carbonyl (C=O) groups excluding carboxylic acids is 1. The largest absolute Gasteiger partial charge is 0.388 e. The maximum absolute atomic E-state index is 13.5. The summed E-state index contributed by atoms with van der Waals surface area (Å²) >= 11 is 5.60. The minimum atomic E-state index is -1.03. The third-order valence-electron chi connectivity index (χ3n) is 3.03. The predicted octanol–water partition coefficient (Wildman–Crippen LogP) is 2.62. The van der Waals surface area contributed by atoms with Crippen LogP contribution >= 0.6 is 11.6 Å². The van der Waals surface area contributed by atoms with Gasteiger partial charge in [0.15, 0.2) is 0 Å². The molecule has 1 amide bonds. The first kappa shape index (κ1) is 14.9. The molecule has 18 heavy (non-hydrogen) atoms. The molecule has 1 aromatic carbocycles. The van der Waals surface area contributed by atoms with E-state index in [1.54, 1.807) is 6.92 Å². The maximum Gasteiger partial charge on any atom is 0.254 e. The standard InChI is InChI=1S/C13H17ClFNO2/c1-8(2)13(3,18)7-16-12(17)10-5-4-9(14)6-11(10)15/h4-6,8,18H,7H2,1-3H3,(H,16,17). The van der Waals surface area contributed by atoms with E-state index in [1.807, 2.05) is 13.8 Å². The summed E-state index contributed by atoms with van der Waals surface area (Å²) in [5.74, 6) is -1.26. The predicted molar refractivity (Wildman–Crippen MR) is 69.2 cm³/mol. The molecule has 0 aliphatic rings. The van der Waals surface area contributed by atoms with E-state index in [2.05, 4.69) is 5.32 Å². The van der Waals surface area contributed by atoms with Crippen LogP contribution in [-0.4, -0.2) is 23.2 Å². The second kappa shape index (κ2) is 5.67. The van der Waals surface area contributed by atoms with Crippen LogP contribution in [0.5, 0.6) is 0 Å². The van der Waals surface area contributed by atoms with Crippen LogP contribution in [0.25, 0.3) is 0 Å². The summed E-state index contributed by atoms with van der Waals surface area (Å²) < 4.78 is 13.5. The topological polar surface area (TPSA) is 49.3 Å². The molecule has 0 fully saturated rings. The quantitative estimate of drug-likeness (QED) is 0.886. The van der Waals surface area contributed by atoms with Crippen molar-refractivity contribution in [2.75, 3.05) is 6.54 Å². The van der Waals surface area contributed by atoms with Crippen molar-refractivity contribution in [3.8, 4) is 0 Å². The molecule has 1 unspecified atom stereocenters. The van der Waals surface area contributed by atoms with Crippen molar-refractivity contribution in [2.45, 2.75) is 26.4 Å². The Morgan fingerprint density at radius 1 is 1.56 bits per heavy atom. The molecule has 0 spiro atoms. The first-order valence-electron chi connectivity index (χ1n) is 5.69. The third kappa shape index (κ3) is 3.68. The van der Waals surface area contributed by atoms with Gasteiger partial charge in [0.1, 0.15) is 5.82 Å². The van der Waals surface area contributed by atoms with Crippen LogP contribution in [0.1, 0.15) is 31.1 Å². The highest BCUT2D eigenvalue weighted by Crippen LogP contribution is 2.16. The fraction of sp³-hybridized carbons (Fsp3) is 0.462. The SMILES string of the molecule is CC(C)C(C)(O)CNC(=O)c1ccc(Cl)cc1F. The molecule has 0 saturated carbocycles. The first-order valence-corrected chi connectivity index (χ1v) is 6.07. The number of halogens is 2. The van der Waals surface area contributed by atoms with Crippen molar-refractivity contribution in [3.63, 3.8) is 0 Å². The van der Waals surface area contributed by atoms with Gasteiger partial charge in [0.2, 0.25) is 0 Å². The molecule has 0 heterocycles. The van der Waals surface area contributed by atoms with Crippen LogP contribution in [0, 0.1) is 11.7 Å². The molecular formula is C13H17ClFNO2. The fourth-order valence-electron chi connectivity index (χ4n) is 1.23. The number of carbonyl (C=O) groups is 1. The lowest BCUT2D eigenvalue weighted by Crippen LogP contribution is -2.44. The summed E-state index contributed by atoms with van der Waals surface area (Å²) in [4.78, 5) is 11.7. The Morgan fingerprint density at radius 3 is 2.67 bits per heavy atom. The van der Waals surface area contributed by atoms with Crippen molar-refractivity contribution in [1.82, 2.24) is 5.32 Å². The minimum absolute atomic E-state index is 0.0205. The molecule has 0 aromatic heterocycles. The van der Waals surface area contributed by atoms with E-state index in [9.17, 15) is 14.3 Å². The molecule has 0 aliphatic heterocycles. The van der Waals surface area contributed by atoms with Crippen molar-refractivity contribution in [2.24, 2.45) is 5.92 Å². The average molecular weight is 274 g/mol. The van der Waals surface area contributed by atoms with Crippen molar-refractivity contribution < 1.29 is 14.3 Å². The molecule has 100 valence electrons. The zero-order chi connectivity index (χ0) is 13.9. The summed E-state index contributed by atoms with van der Waals surface area (Å²) in [5.41, 5.74) is -1.11. The van der Waals surface area contributed by atoms with E-state index < -0.39 is 17.3 Å². The van der Waals surface area contributed by atoms with E-state index in [-0.39, 0.29) is 23.0 Å². The number of nitrogens with one attached hydrogen (secondary N) is 1. The minimum Gasteiger partial charge on any atom is -0.388 e. The second-order valence-electron chi connectivity index (χ2n) is 4.82. The summed E-state index contributed by atoms with van der Waals surface area (Å²) in [7, 11) is 0. The Hall–Kier alpha value is -1.13. The lowest BCUT2D eigenvalue weighted by atomic mass is 9.92. The van der Waals surface area contributed by atoms with Gasteiger partial charge < -0.3 is 10.4 Å². The normalized spacial score (nSPS) is 14.4. The van der Waals surface area contributed by atoms with Crippen LogP contribution in [0.4, 0.5) is 4.39 Å². The van der Waals surface area contributed by atoms with Crippen molar-refractivity contribution >= 4 is 17.5 Å². The Kier molecular flexibility index (Phi) is 4.71. The molecule has 5 heteroatoms. The first-order chi connectivity index (χ1) is 8.24. The molecule has 0 bridgehead atoms. The average Bonchev–Trinajstić information content (AvgIpc) is 2.25. The lowest BCUT2D eigenvalue weighted by molar-refractivity contribution is 0.0142. The Balaban J connectivity index is 2.72. The van der Waals surface area contributed by atoms with Crippen LogP contribution in [0.3, 0.4) is 0 Å². The summed E-state index contributed by atoms with van der Waals surface area (Å²) in [5, 5.41) is 12.7. The van der Waals surface area contributed by atoms with Gasteiger partial charge in [0.05, 0.1) is 11.2 Å². The third-order valence-corrected chi connectivity index (χ3v) is 3.26. The van der Waals surface area contributed by atoms with Gasteiger partial charge in [-0.1, -0.05) is 25.4 Å². The van der Waals surface area contributed by atoms with E-state index >= 15 is 0 Å². The van der Waals surface area contributed by atoms with Gasteiger partial charge in [0.25, 0.3) is 5.91 Å². The fourth-order valence-corrected chi connectivity index (χ4v) is 1.39. The van der Waals surface area contributed by atoms with Crippen molar-refractivity contribution in [3.05, 3.63) is 34.6 Å². The Bertz CT molecular complexity index is 447. The summed E-state index contributed by atoms with van der Waals surface area (Å²) in [6, 6.07) is 3.84.